The zero-order valence-electron chi connectivity index (χ0n) is 5.24. The summed E-state index contributed by atoms with van der Waals surface area (Å²) < 4.78 is 0. The summed E-state index contributed by atoms with van der Waals surface area (Å²) in [5.74, 6) is 0.0306. The second kappa shape index (κ2) is 2.44. The minimum atomic E-state index is 0.0306. The topological polar surface area (TPSA) is 32.7 Å². The molecule has 0 saturated carbocycles. The van der Waals surface area contributed by atoms with Gasteiger partial charge in [-0.2, -0.15) is 0 Å². The van der Waals surface area contributed by atoms with Crippen LogP contribution in [0.15, 0.2) is 17.3 Å². The van der Waals surface area contributed by atoms with Crippen molar-refractivity contribution >= 4 is 12.2 Å². The Morgan fingerprint density at radius 1 is 1.78 bits per heavy atom. The third-order valence-corrected chi connectivity index (χ3v) is 1.10. The van der Waals surface area contributed by atoms with Gasteiger partial charge in [-0.15, -0.1) is 0 Å². The number of carbonyl (C=O) groups excluding carboxylic acids is 1. The normalized spacial score (nSPS) is 16.3. The van der Waals surface area contributed by atoms with Crippen LogP contribution in [0, 0.1) is 0 Å². The minimum absolute atomic E-state index is 0.0306. The molecule has 0 aromatic carbocycles. The predicted octanol–water partition coefficient (Wildman–Crippen LogP) is 0.391. The molecule has 0 radical (unpaired) electrons. The highest BCUT2D eigenvalue weighted by Gasteiger charge is 2.03. The van der Waals surface area contributed by atoms with Crippen LogP contribution in [0.5, 0.6) is 0 Å². The second-order valence-corrected chi connectivity index (χ2v) is 1.82. The molecular weight excluding hydrogens is 116 g/mol. The van der Waals surface area contributed by atoms with Crippen molar-refractivity contribution in [1.82, 2.24) is 4.90 Å². The third kappa shape index (κ3) is 1.38. The highest BCUT2D eigenvalue weighted by atomic mass is 16.2. The molecule has 0 saturated heterocycles. The molecule has 48 valence electrons. The quantitative estimate of drug-likeness (QED) is 0.459. The molecule has 0 aromatic heterocycles. The Kier molecular flexibility index (Phi) is 1.63. The molecule has 3 heteroatoms. The number of rotatable bonds is 0. The average molecular weight is 124 g/mol. The molecular formula is C6H8N2O. The van der Waals surface area contributed by atoms with Crippen LogP contribution in [-0.2, 0) is 4.79 Å². The third-order valence-electron chi connectivity index (χ3n) is 1.10. The van der Waals surface area contributed by atoms with Gasteiger partial charge in [-0.05, 0) is 6.08 Å². The van der Waals surface area contributed by atoms with Crippen molar-refractivity contribution in [3.05, 3.63) is 12.3 Å². The van der Waals surface area contributed by atoms with Gasteiger partial charge in [-0.1, -0.05) is 0 Å². The van der Waals surface area contributed by atoms with Crippen LogP contribution < -0.4 is 0 Å². The lowest BCUT2D eigenvalue weighted by Crippen LogP contribution is -2.28. The van der Waals surface area contributed by atoms with Crippen LogP contribution in [0.25, 0.3) is 0 Å². The first kappa shape index (κ1) is 6.01. The van der Waals surface area contributed by atoms with Gasteiger partial charge >= 0.3 is 0 Å². The van der Waals surface area contributed by atoms with Crippen molar-refractivity contribution < 1.29 is 4.79 Å². The molecule has 1 rings (SSSR count). The summed E-state index contributed by atoms with van der Waals surface area (Å²) in [6.45, 7) is 2.17. The van der Waals surface area contributed by atoms with Gasteiger partial charge in [0.25, 0.3) is 0 Å². The lowest BCUT2D eigenvalue weighted by Gasteiger charge is -2.13. The van der Waals surface area contributed by atoms with Crippen LogP contribution in [0.2, 0.25) is 0 Å². The molecule has 0 bridgehead atoms. The number of amides is 1. The molecule has 0 spiro atoms. The predicted molar refractivity (Wildman–Crippen MR) is 35.0 cm³/mol. The molecule has 1 amide bonds. The zero-order chi connectivity index (χ0) is 6.69. The standard InChI is InChI=1S/C6H8N2O/c1-6(9)8-4-2-3-7-5-8/h2-3,5H,4H2,1H3. The Balaban J connectivity index is 2.56. The van der Waals surface area contributed by atoms with Gasteiger partial charge in [0, 0.05) is 19.7 Å². The molecule has 1 aliphatic rings. The molecule has 0 unspecified atom stereocenters. The van der Waals surface area contributed by atoms with Gasteiger partial charge in [0.1, 0.15) is 0 Å². The summed E-state index contributed by atoms with van der Waals surface area (Å²) >= 11 is 0. The maximum absolute atomic E-state index is 10.6. The number of hydrogen-bond acceptors (Lipinski definition) is 2. The largest absolute Gasteiger partial charge is 0.299 e. The number of nitrogens with zero attached hydrogens (tertiary/aromatic N) is 2. The van der Waals surface area contributed by atoms with E-state index in [-0.39, 0.29) is 5.91 Å². The van der Waals surface area contributed by atoms with Crippen LogP contribution in [0.4, 0.5) is 0 Å². The molecule has 9 heavy (non-hydrogen) atoms. The van der Waals surface area contributed by atoms with E-state index in [1.54, 1.807) is 11.1 Å². The fourth-order valence-corrected chi connectivity index (χ4v) is 0.598. The Bertz CT molecular complexity index is 172. The van der Waals surface area contributed by atoms with Gasteiger partial charge in [0.2, 0.25) is 5.91 Å². The van der Waals surface area contributed by atoms with Gasteiger partial charge in [0.05, 0.1) is 6.34 Å². The van der Waals surface area contributed by atoms with Crippen LogP contribution in [0.1, 0.15) is 6.92 Å². The van der Waals surface area contributed by atoms with Gasteiger partial charge < -0.3 is 0 Å². The highest BCUT2D eigenvalue weighted by molar-refractivity contribution is 5.86. The van der Waals surface area contributed by atoms with E-state index in [9.17, 15) is 4.79 Å². The summed E-state index contributed by atoms with van der Waals surface area (Å²) in [5, 5.41) is 0. The lowest BCUT2D eigenvalue weighted by atomic mass is 10.5. The molecule has 0 aliphatic carbocycles. The zero-order valence-corrected chi connectivity index (χ0v) is 5.24. The summed E-state index contributed by atoms with van der Waals surface area (Å²) in [5.41, 5.74) is 0. The Labute approximate surface area is 53.7 Å². The summed E-state index contributed by atoms with van der Waals surface area (Å²) in [4.78, 5) is 15.9. The summed E-state index contributed by atoms with van der Waals surface area (Å²) in [6, 6.07) is 0. The SMILES string of the molecule is CC(=O)N1C=NC=CC1. The first-order valence-electron chi connectivity index (χ1n) is 2.76. The number of aliphatic imine (C=N–C) groups is 1. The van der Waals surface area contributed by atoms with Crippen LogP contribution in [-0.4, -0.2) is 23.7 Å². The molecule has 0 atom stereocenters. The number of hydrogen-bond donors (Lipinski definition) is 0. The van der Waals surface area contributed by atoms with E-state index in [2.05, 4.69) is 4.99 Å². The molecule has 0 aromatic rings. The molecule has 1 heterocycles. The van der Waals surface area contributed by atoms with Crippen molar-refractivity contribution in [3.8, 4) is 0 Å². The smallest absolute Gasteiger partial charge is 0.224 e. The maximum atomic E-state index is 10.6. The lowest BCUT2D eigenvalue weighted by molar-refractivity contribution is -0.124. The Morgan fingerprint density at radius 3 is 2.89 bits per heavy atom. The first-order valence-corrected chi connectivity index (χ1v) is 2.76. The van der Waals surface area contributed by atoms with E-state index < -0.39 is 0 Å². The number of carbonyl (C=O) groups is 1. The van der Waals surface area contributed by atoms with E-state index in [0.717, 1.165) is 0 Å². The maximum Gasteiger partial charge on any atom is 0.224 e. The molecule has 0 fully saturated rings. The van der Waals surface area contributed by atoms with Crippen molar-refractivity contribution in [2.24, 2.45) is 4.99 Å². The molecule has 1 aliphatic heterocycles. The van der Waals surface area contributed by atoms with E-state index in [0.29, 0.717) is 6.54 Å². The van der Waals surface area contributed by atoms with Crippen molar-refractivity contribution in [1.29, 1.82) is 0 Å². The van der Waals surface area contributed by atoms with E-state index in [1.165, 1.54) is 13.3 Å². The Morgan fingerprint density at radius 2 is 2.56 bits per heavy atom. The minimum Gasteiger partial charge on any atom is -0.299 e. The fourth-order valence-electron chi connectivity index (χ4n) is 0.598. The van der Waals surface area contributed by atoms with E-state index in [4.69, 9.17) is 0 Å². The van der Waals surface area contributed by atoms with Gasteiger partial charge in [-0.25, -0.2) is 4.99 Å². The first-order chi connectivity index (χ1) is 4.30. The van der Waals surface area contributed by atoms with Crippen molar-refractivity contribution in [3.63, 3.8) is 0 Å². The molecule has 0 N–H and O–H groups in total. The van der Waals surface area contributed by atoms with Crippen molar-refractivity contribution in [2.45, 2.75) is 6.92 Å². The van der Waals surface area contributed by atoms with E-state index >= 15 is 0 Å². The van der Waals surface area contributed by atoms with Gasteiger partial charge in [-0.3, -0.25) is 9.69 Å². The van der Waals surface area contributed by atoms with Gasteiger partial charge in [0.15, 0.2) is 0 Å². The molecule has 3 nitrogen and oxygen atoms in total. The van der Waals surface area contributed by atoms with Crippen molar-refractivity contribution in [2.75, 3.05) is 6.54 Å². The summed E-state index contributed by atoms with van der Waals surface area (Å²) in [6.07, 6.45) is 5.04. The second-order valence-electron chi connectivity index (χ2n) is 1.82. The fraction of sp³-hybridized carbons (Fsp3) is 0.333. The van der Waals surface area contributed by atoms with E-state index in [1.807, 2.05) is 6.08 Å². The average Bonchev–Trinajstić information content (AvgIpc) is 1.90. The van der Waals surface area contributed by atoms with Crippen LogP contribution >= 0.6 is 0 Å². The van der Waals surface area contributed by atoms with Crippen LogP contribution in [0.3, 0.4) is 0 Å². The monoisotopic (exact) mass is 124 g/mol. The Hall–Kier alpha value is -1.12. The highest BCUT2D eigenvalue weighted by Crippen LogP contribution is 1.91. The summed E-state index contributed by atoms with van der Waals surface area (Å²) in [7, 11) is 0.